The fourth-order valence-electron chi connectivity index (χ4n) is 3.97. The van der Waals surface area contributed by atoms with Gasteiger partial charge < -0.3 is 25.0 Å². The second-order valence-electron chi connectivity index (χ2n) is 8.70. The third-order valence-electron chi connectivity index (χ3n) is 6.10. The fraction of sp³-hybridized carbons (Fsp3) is 0.684. The maximum atomic E-state index is 13.0. The molecule has 2 amide bonds. The number of sulfone groups is 1. The summed E-state index contributed by atoms with van der Waals surface area (Å²) in [5.74, 6) is -0.481. The third kappa shape index (κ3) is 3.71. The summed E-state index contributed by atoms with van der Waals surface area (Å²) in [4.78, 5) is 35.6. The largest absolute Gasteiger partial charge is 0.486 e. The van der Waals surface area contributed by atoms with Gasteiger partial charge in [0.1, 0.15) is 23.1 Å². The molecule has 11 nitrogen and oxygen atoms in total. The minimum Gasteiger partial charge on any atom is -0.486 e. The van der Waals surface area contributed by atoms with E-state index in [1.165, 1.54) is 13.8 Å². The topological polar surface area (TPSA) is 140 Å². The first-order valence-corrected chi connectivity index (χ1v) is 12.1. The van der Waals surface area contributed by atoms with Gasteiger partial charge in [0.25, 0.3) is 5.91 Å². The number of nitrogens with one attached hydrogen (secondary N) is 2. The van der Waals surface area contributed by atoms with E-state index in [1.54, 1.807) is 0 Å². The van der Waals surface area contributed by atoms with Crippen molar-refractivity contribution in [2.75, 3.05) is 37.5 Å². The molecule has 4 rings (SSSR count). The van der Waals surface area contributed by atoms with Crippen molar-refractivity contribution in [3.63, 3.8) is 0 Å². The number of ether oxygens (including phenoxy) is 2. The molecule has 0 aliphatic carbocycles. The van der Waals surface area contributed by atoms with Crippen molar-refractivity contribution in [2.45, 2.75) is 50.1 Å². The van der Waals surface area contributed by atoms with Crippen molar-refractivity contribution >= 4 is 27.5 Å². The molecular formula is C19H27N5O6S. The first-order valence-electron chi connectivity index (χ1n) is 10.2. The van der Waals surface area contributed by atoms with Crippen molar-refractivity contribution in [3.05, 3.63) is 11.5 Å². The molecule has 2 N–H and O–H groups in total. The summed E-state index contributed by atoms with van der Waals surface area (Å²) in [7, 11) is -3.61. The summed E-state index contributed by atoms with van der Waals surface area (Å²) in [5, 5.41) is 5.30. The Morgan fingerprint density at radius 2 is 2.00 bits per heavy atom. The maximum absolute atomic E-state index is 13.0. The van der Waals surface area contributed by atoms with Gasteiger partial charge in [-0.3, -0.25) is 9.59 Å². The predicted molar refractivity (Wildman–Crippen MR) is 111 cm³/mol. The van der Waals surface area contributed by atoms with E-state index in [0.717, 1.165) is 6.26 Å². The summed E-state index contributed by atoms with van der Waals surface area (Å²) in [6, 6.07) is -0.844. The molecule has 0 bridgehead atoms. The molecule has 31 heavy (non-hydrogen) atoms. The average Bonchev–Trinajstić information content (AvgIpc) is 3.10. The molecule has 0 spiro atoms. The Bertz CT molecular complexity index is 1030. The maximum Gasteiger partial charge on any atom is 0.289 e. The summed E-state index contributed by atoms with van der Waals surface area (Å²) >= 11 is 0. The van der Waals surface area contributed by atoms with Crippen LogP contribution in [0.5, 0.6) is 5.75 Å². The van der Waals surface area contributed by atoms with Crippen molar-refractivity contribution in [2.24, 2.45) is 0 Å². The molecule has 2 unspecified atom stereocenters. The normalized spacial score (nSPS) is 25.9. The highest BCUT2D eigenvalue weighted by Gasteiger charge is 2.44. The molecule has 0 radical (unpaired) electrons. The molecule has 3 atom stereocenters. The van der Waals surface area contributed by atoms with E-state index in [2.05, 4.69) is 20.6 Å². The van der Waals surface area contributed by atoms with Crippen molar-refractivity contribution < 1.29 is 27.5 Å². The molecule has 12 heteroatoms. The number of amides is 2. The zero-order chi connectivity index (χ0) is 22.6. The molecule has 4 heterocycles. The van der Waals surface area contributed by atoms with Crippen LogP contribution in [0, 0.1) is 0 Å². The van der Waals surface area contributed by atoms with E-state index in [1.807, 2.05) is 11.8 Å². The van der Waals surface area contributed by atoms with E-state index in [9.17, 15) is 18.0 Å². The first kappa shape index (κ1) is 21.8. The van der Waals surface area contributed by atoms with Crippen LogP contribution in [0.2, 0.25) is 0 Å². The van der Waals surface area contributed by atoms with Gasteiger partial charge in [0, 0.05) is 12.8 Å². The van der Waals surface area contributed by atoms with E-state index < -0.39 is 26.5 Å². The zero-order valence-corrected chi connectivity index (χ0v) is 18.8. The number of carbonyl (C=O) groups excluding carboxylic acids is 2. The number of hydrogen-bond acceptors (Lipinski definition) is 9. The Labute approximate surface area is 180 Å². The second kappa shape index (κ2) is 7.59. The highest BCUT2D eigenvalue weighted by molar-refractivity contribution is 7.91. The number of anilines is 1. The summed E-state index contributed by atoms with van der Waals surface area (Å²) in [6.07, 6.45) is 1.58. The summed E-state index contributed by atoms with van der Waals surface area (Å²) in [5.41, 5.74) is 0.123. The zero-order valence-electron chi connectivity index (χ0n) is 18.0. The van der Waals surface area contributed by atoms with Gasteiger partial charge in [0.15, 0.2) is 21.4 Å². The minimum atomic E-state index is -3.61. The van der Waals surface area contributed by atoms with Crippen LogP contribution in [-0.2, 0) is 24.1 Å². The van der Waals surface area contributed by atoms with Gasteiger partial charge in [-0.05, 0) is 27.2 Å². The second-order valence-corrected chi connectivity index (χ2v) is 11.3. The lowest BCUT2D eigenvalue weighted by atomic mass is 10.0. The minimum absolute atomic E-state index is 0.0537. The number of carbonyl (C=O) groups is 2. The third-order valence-corrected chi connectivity index (χ3v) is 8.15. The van der Waals surface area contributed by atoms with E-state index >= 15 is 0 Å². The van der Waals surface area contributed by atoms with Gasteiger partial charge >= 0.3 is 0 Å². The standard InChI is InChI=1S/C19H27N5O6S/c1-10-7-29-8-11-9-30-13-14(19(2,3)31(4,27)28)22-15(23-16(13)24(10)11)18(26)21-12-5-6-20-17(12)25/h10-12H,5-9H2,1-4H3,(H,20,25)(H,21,26)/t10?,11?,12-/m0/s1. The van der Waals surface area contributed by atoms with Gasteiger partial charge in [-0.15, -0.1) is 0 Å². The number of rotatable bonds is 4. The van der Waals surface area contributed by atoms with Crippen LogP contribution in [0.4, 0.5) is 5.82 Å². The smallest absolute Gasteiger partial charge is 0.289 e. The molecule has 0 saturated carbocycles. The van der Waals surface area contributed by atoms with Crippen LogP contribution in [0.3, 0.4) is 0 Å². The number of fused-ring (bicyclic) bond motifs is 3. The molecule has 1 aromatic rings. The quantitative estimate of drug-likeness (QED) is 0.609. The monoisotopic (exact) mass is 453 g/mol. The molecule has 3 aliphatic rings. The molecule has 1 aromatic heterocycles. The SMILES string of the molecule is CC1COCC2COc3c(nc(C(=O)N[C@H]4CCNC4=O)nc3C(C)(C)S(C)(=O)=O)N12. The molecule has 170 valence electrons. The Hall–Kier alpha value is -2.47. The van der Waals surface area contributed by atoms with Gasteiger partial charge in [0.2, 0.25) is 11.7 Å². The average molecular weight is 454 g/mol. The van der Waals surface area contributed by atoms with E-state index in [-0.39, 0.29) is 35.3 Å². The van der Waals surface area contributed by atoms with Crippen LogP contribution >= 0.6 is 0 Å². The van der Waals surface area contributed by atoms with E-state index in [0.29, 0.717) is 38.6 Å². The van der Waals surface area contributed by atoms with Gasteiger partial charge in [0.05, 0.1) is 25.3 Å². The van der Waals surface area contributed by atoms with Crippen molar-refractivity contribution in [3.8, 4) is 5.75 Å². The molecule has 0 aromatic carbocycles. The van der Waals surface area contributed by atoms with Gasteiger partial charge in [-0.1, -0.05) is 0 Å². The number of nitrogens with zero attached hydrogens (tertiary/aromatic N) is 3. The summed E-state index contributed by atoms with van der Waals surface area (Å²) < 4.78 is 35.3. The highest BCUT2D eigenvalue weighted by Crippen LogP contribution is 2.43. The van der Waals surface area contributed by atoms with E-state index in [4.69, 9.17) is 9.47 Å². The fourth-order valence-corrected chi connectivity index (χ4v) is 4.46. The van der Waals surface area contributed by atoms with Crippen molar-refractivity contribution in [1.82, 2.24) is 20.6 Å². The van der Waals surface area contributed by atoms with Gasteiger partial charge in [-0.25, -0.2) is 18.4 Å². The molecule has 3 aliphatic heterocycles. The number of morpholine rings is 1. The van der Waals surface area contributed by atoms with Crippen LogP contribution < -0.4 is 20.3 Å². The first-order chi connectivity index (χ1) is 14.5. The molecule has 2 fully saturated rings. The number of hydrogen-bond donors (Lipinski definition) is 2. The van der Waals surface area contributed by atoms with Crippen molar-refractivity contribution in [1.29, 1.82) is 0 Å². The lowest BCUT2D eigenvalue weighted by Gasteiger charge is -2.45. The Morgan fingerprint density at radius 1 is 1.26 bits per heavy atom. The Kier molecular flexibility index (Phi) is 5.32. The molecular weight excluding hydrogens is 426 g/mol. The number of aromatic nitrogens is 2. The Morgan fingerprint density at radius 3 is 2.65 bits per heavy atom. The van der Waals surface area contributed by atoms with Crippen LogP contribution in [0.15, 0.2) is 0 Å². The predicted octanol–water partition coefficient (Wildman–Crippen LogP) is -0.639. The summed E-state index contributed by atoms with van der Waals surface area (Å²) in [6.45, 7) is 6.68. The van der Waals surface area contributed by atoms with Gasteiger partial charge in [-0.2, -0.15) is 0 Å². The van der Waals surface area contributed by atoms with Crippen LogP contribution in [0.25, 0.3) is 0 Å². The van der Waals surface area contributed by atoms with Crippen LogP contribution in [0.1, 0.15) is 43.5 Å². The van der Waals surface area contributed by atoms with Crippen LogP contribution in [-0.4, -0.2) is 80.9 Å². The Balaban J connectivity index is 1.83. The molecule has 2 saturated heterocycles. The highest BCUT2D eigenvalue weighted by atomic mass is 32.2. The lowest BCUT2D eigenvalue weighted by molar-refractivity contribution is -0.120. The lowest BCUT2D eigenvalue weighted by Crippen LogP contribution is -2.56.